The van der Waals surface area contributed by atoms with E-state index >= 15 is 0 Å². The van der Waals surface area contributed by atoms with Gasteiger partial charge in [-0.2, -0.15) is 0 Å². The van der Waals surface area contributed by atoms with Crippen molar-refractivity contribution in [2.75, 3.05) is 6.61 Å². The molecule has 1 rings (SSSR count). The molecule has 0 aromatic carbocycles. The molecule has 0 saturated carbocycles. The Hall–Kier alpha value is -1.06. The molecule has 1 saturated heterocycles. The molecule has 12 heavy (non-hydrogen) atoms. The van der Waals surface area contributed by atoms with Crippen molar-refractivity contribution in [2.45, 2.75) is 26.3 Å². The molecule has 1 aliphatic rings. The van der Waals surface area contributed by atoms with Crippen molar-refractivity contribution >= 4 is 11.9 Å². The Morgan fingerprint density at radius 1 is 1.67 bits per heavy atom. The van der Waals surface area contributed by atoms with Crippen molar-refractivity contribution in [1.82, 2.24) is 5.32 Å². The highest BCUT2D eigenvalue weighted by Gasteiger charge is 2.28. The lowest BCUT2D eigenvalue weighted by Crippen LogP contribution is -2.40. The van der Waals surface area contributed by atoms with E-state index < -0.39 is 6.04 Å². The van der Waals surface area contributed by atoms with E-state index in [2.05, 4.69) is 5.32 Å². The highest BCUT2D eigenvalue weighted by atomic mass is 16.5. The fourth-order valence-corrected chi connectivity index (χ4v) is 0.965. The van der Waals surface area contributed by atoms with E-state index in [1.807, 2.05) is 0 Å². The largest absolute Gasteiger partial charge is 0.464 e. The van der Waals surface area contributed by atoms with Gasteiger partial charge in [0.1, 0.15) is 6.04 Å². The summed E-state index contributed by atoms with van der Waals surface area (Å²) in [6, 6.07) is -0.417. The minimum atomic E-state index is -0.417. The van der Waals surface area contributed by atoms with Crippen LogP contribution in [0.3, 0.4) is 0 Å². The van der Waals surface area contributed by atoms with E-state index in [1.54, 1.807) is 13.8 Å². The maximum absolute atomic E-state index is 11.1. The number of amides is 1. The van der Waals surface area contributed by atoms with Gasteiger partial charge in [0.05, 0.1) is 6.61 Å². The molecule has 0 radical (unpaired) electrons. The van der Waals surface area contributed by atoms with Crippen LogP contribution in [0.1, 0.15) is 20.3 Å². The van der Waals surface area contributed by atoms with Gasteiger partial charge in [0, 0.05) is 12.3 Å². The lowest BCUT2D eigenvalue weighted by atomic mass is 10.2. The zero-order valence-electron chi connectivity index (χ0n) is 7.29. The van der Waals surface area contributed by atoms with Crippen molar-refractivity contribution in [3.8, 4) is 0 Å². The van der Waals surface area contributed by atoms with Crippen molar-refractivity contribution < 1.29 is 14.3 Å². The molecule has 1 N–H and O–H groups in total. The molecular weight excluding hydrogens is 158 g/mol. The summed E-state index contributed by atoms with van der Waals surface area (Å²) >= 11 is 0. The van der Waals surface area contributed by atoms with E-state index in [4.69, 9.17) is 4.74 Å². The smallest absolute Gasteiger partial charge is 0.328 e. The van der Waals surface area contributed by atoms with Gasteiger partial charge in [-0.05, 0) is 0 Å². The van der Waals surface area contributed by atoms with Gasteiger partial charge < -0.3 is 10.1 Å². The number of carbonyl (C=O) groups excluding carboxylic acids is 2. The lowest BCUT2D eigenvalue weighted by Gasteiger charge is -2.10. The minimum absolute atomic E-state index is 0.0848. The SMILES string of the molecule is CC(C)C(=O)N[C@H]1CCOC1=O. The van der Waals surface area contributed by atoms with Crippen molar-refractivity contribution in [1.29, 1.82) is 0 Å². The molecule has 1 amide bonds. The van der Waals surface area contributed by atoms with E-state index in [9.17, 15) is 9.59 Å². The molecular formula is C8H13NO3. The number of nitrogens with one attached hydrogen (secondary N) is 1. The van der Waals surface area contributed by atoms with Gasteiger partial charge in [-0.25, -0.2) is 4.79 Å². The molecule has 0 spiro atoms. The first kappa shape index (κ1) is 9.03. The van der Waals surface area contributed by atoms with Crippen LogP contribution in [-0.2, 0) is 14.3 Å². The van der Waals surface area contributed by atoms with Crippen LogP contribution in [0, 0.1) is 5.92 Å². The van der Waals surface area contributed by atoms with Crippen molar-refractivity contribution in [3.05, 3.63) is 0 Å². The van der Waals surface area contributed by atoms with Gasteiger partial charge in [-0.1, -0.05) is 13.8 Å². The van der Waals surface area contributed by atoms with Crippen LogP contribution in [0.4, 0.5) is 0 Å². The maximum Gasteiger partial charge on any atom is 0.328 e. The average molecular weight is 171 g/mol. The number of cyclic esters (lactones) is 1. The van der Waals surface area contributed by atoms with Crippen LogP contribution >= 0.6 is 0 Å². The second-order valence-corrected chi connectivity index (χ2v) is 3.17. The molecule has 68 valence electrons. The molecule has 0 unspecified atom stereocenters. The molecule has 4 nitrogen and oxygen atoms in total. The third kappa shape index (κ3) is 1.96. The quantitative estimate of drug-likeness (QED) is 0.598. The van der Waals surface area contributed by atoms with Crippen molar-refractivity contribution in [3.63, 3.8) is 0 Å². The van der Waals surface area contributed by atoms with Crippen LogP contribution in [0.2, 0.25) is 0 Å². The summed E-state index contributed by atoms with van der Waals surface area (Å²) in [6.45, 7) is 3.99. The van der Waals surface area contributed by atoms with Gasteiger partial charge in [0.2, 0.25) is 5.91 Å². The van der Waals surface area contributed by atoms with Crippen molar-refractivity contribution in [2.24, 2.45) is 5.92 Å². The first-order valence-corrected chi connectivity index (χ1v) is 4.08. The maximum atomic E-state index is 11.1. The van der Waals surface area contributed by atoms with Crippen LogP contribution in [0.15, 0.2) is 0 Å². The molecule has 1 fully saturated rings. The average Bonchev–Trinajstić information content (AvgIpc) is 2.36. The Morgan fingerprint density at radius 3 is 2.75 bits per heavy atom. The van der Waals surface area contributed by atoms with Gasteiger partial charge in [0.25, 0.3) is 0 Å². The van der Waals surface area contributed by atoms with E-state index in [1.165, 1.54) is 0 Å². The Labute approximate surface area is 71.3 Å². The predicted molar refractivity (Wildman–Crippen MR) is 42.3 cm³/mol. The monoisotopic (exact) mass is 171 g/mol. The summed E-state index contributed by atoms with van der Waals surface area (Å²) in [6.07, 6.45) is 0.595. The Kier molecular flexibility index (Phi) is 2.68. The molecule has 1 heterocycles. The summed E-state index contributed by atoms with van der Waals surface area (Å²) in [5.74, 6) is -0.499. The third-order valence-corrected chi connectivity index (χ3v) is 1.78. The zero-order valence-corrected chi connectivity index (χ0v) is 7.29. The first-order chi connectivity index (χ1) is 5.61. The van der Waals surface area contributed by atoms with Gasteiger partial charge in [-0.15, -0.1) is 0 Å². The summed E-state index contributed by atoms with van der Waals surface area (Å²) in [5, 5.41) is 2.61. The topological polar surface area (TPSA) is 55.4 Å². The van der Waals surface area contributed by atoms with E-state index in [-0.39, 0.29) is 17.8 Å². The minimum Gasteiger partial charge on any atom is -0.464 e. The molecule has 0 aromatic heterocycles. The number of hydrogen-bond acceptors (Lipinski definition) is 3. The highest BCUT2D eigenvalue weighted by Crippen LogP contribution is 2.06. The van der Waals surface area contributed by atoms with E-state index in [0.717, 1.165) is 0 Å². The zero-order chi connectivity index (χ0) is 9.14. The number of rotatable bonds is 2. The summed E-state index contributed by atoms with van der Waals surface area (Å²) < 4.78 is 4.69. The Bertz CT molecular complexity index is 200. The van der Waals surface area contributed by atoms with E-state index in [0.29, 0.717) is 13.0 Å². The fourth-order valence-electron chi connectivity index (χ4n) is 0.965. The lowest BCUT2D eigenvalue weighted by molar-refractivity contribution is -0.141. The Morgan fingerprint density at radius 2 is 2.33 bits per heavy atom. The number of esters is 1. The van der Waals surface area contributed by atoms with Crippen LogP contribution in [0.5, 0.6) is 0 Å². The number of hydrogen-bond donors (Lipinski definition) is 1. The molecule has 4 heteroatoms. The van der Waals surface area contributed by atoms with Gasteiger partial charge in [-0.3, -0.25) is 4.79 Å². The summed E-state index contributed by atoms with van der Waals surface area (Å²) in [5.41, 5.74) is 0. The third-order valence-electron chi connectivity index (χ3n) is 1.78. The van der Waals surface area contributed by atoms with Gasteiger partial charge >= 0.3 is 5.97 Å². The normalized spacial score (nSPS) is 22.6. The molecule has 0 bridgehead atoms. The van der Waals surface area contributed by atoms with Crippen LogP contribution < -0.4 is 5.32 Å². The Balaban J connectivity index is 2.40. The second-order valence-electron chi connectivity index (χ2n) is 3.17. The predicted octanol–water partition coefficient (Wildman–Crippen LogP) is 0.0741. The summed E-state index contributed by atoms with van der Waals surface area (Å²) in [7, 11) is 0. The molecule has 1 atom stereocenters. The highest BCUT2D eigenvalue weighted by molar-refractivity contribution is 5.86. The summed E-state index contributed by atoms with van der Waals surface area (Å²) in [4.78, 5) is 22.0. The molecule has 0 aromatic rings. The second kappa shape index (κ2) is 3.56. The number of carbonyl (C=O) groups is 2. The molecule has 1 aliphatic heterocycles. The van der Waals surface area contributed by atoms with Crippen LogP contribution in [-0.4, -0.2) is 24.5 Å². The van der Waals surface area contributed by atoms with Gasteiger partial charge in [0.15, 0.2) is 0 Å². The fraction of sp³-hybridized carbons (Fsp3) is 0.750. The first-order valence-electron chi connectivity index (χ1n) is 4.08. The number of ether oxygens (including phenoxy) is 1. The molecule has 0 aliphatic carbocycles. The standard InChI is InChI=1S/C8H13NO3/c1-5(2)7(10)9-6-3-4-12-8(6)11/h5-6H,3-4H2,1-2H3,(H,9,10)/t6-/m0/s1. The van der Waals surface area contributed by atoms with Crippen LogP contribution in [0.25, 0.3) is 0 Å².